The summed E-state index contributed by atoms with van der Waals surface area (Å²) in [5.74, 6) is 0.110. The van der Waals surface area contributed by atoms with Crippen molar-refractivity contribution in [3.8, 4) is 0 Å². The highest BCUT2D eigenvalue weighted by molar-refractivity contribution is 7.21. The van der Waals surface area contributed by atoms with E-state index in [1.54, 1.807) is 6.20 Å². The number of ether oxygens (including phenoxy) is 1. The van der Waals surface area contributed by atoms with Crippen LogP contribution in [0.2, 0.25) is 0 Å². The molecule has 2 aromatic rings. The number of aryl methyl sites for hydroxylation is 1. The summed E-state index contributed by atoms with van der Waals surface area (Å²) in [6, 6.07) is 3.01. The maximum atomic E-state index is 12.3. The lowest BCUT2D eigenvalue weighted by Crippen LogP contribution is -2.33. The Labute approximate surface area is 138 Å². The van der Waals surface area contributed by atoms with Crippen molar-refractivity contribution in [2.24, 2.45) is 11.7 Å². The molecule has 3 rings (SSSR count). The molecule has 6 heteroatoms. The molecule has 5 nitrogen and oxygen atoms in total. The molecule has 1 atom stereocenters. The average molecular weight is 332 g/mol. The first-order chi connectivity index (χ1) is 11.0. The summed E-state index contributed by atoms with van der Waals surface area (Å²) in [6.45, 7) is 2.46. The van der Waals surface area contributed by atoms with Crippen LogP contribution < -0.4 is 5.73 Å². The lowest BCUT2D eigenvalue weighted by Gasteiger charge is -2.10. The molecule has 0 bridgehead atoms. The lowest BCUT2D eigenvalue weighted by molar-refractivity contribution is -0.145. The van der Waals surface area contributed by atoms with E-state index in [-0.39, 0.29) is 12.2 Å². The van der Waals surface area contributed by atoms with Gasteiger partial charge in [0.2, 0.25) is 0 Å². The molecule has 23 heavy (non-hydrogen) atoms. The van der Waals surface area contributed by atoms with Gasteiger partial charge in [0.15, 0.2) is 5.78 Å². The first-order valence-electron chi connectivity index (χ1n) is 7.85. The van der Waals surface area contributed by atoms with Crippen LogP contribution in [0.15, 0.2) is 18.3 Å². The zero-order valence-corrected chi connectivity index (χ0v) is 13.9. The van der Waals surface area contributed by atoms with Crippen LogP contribution in [0.1, 0.15) is 40.9 Å². The van der Waals surface area contributed by atoms with Crippen LogP contribution in [0.5, 0.6) is 0 Å². The molecule has 122 valence electrons. The van der Waals surface area contributed by atoms with Gasteiger partial charge in [0, 0.05) is 12.6 Å². The fourth-order valence-corrected chi connectivity index (χ4v) is 3.37. The number of carbonyl (C=O) groups is 2. The van der Waals surface area contributed by atoms with Crippen LogP contribution in [0.25, 0.3) is 10.2 Å². The van der Waals surface area contributed by atoms with E-state index in [0.29, 0.717) is 23.8 Å². The number of nitrogens with zero attached hydrogens (tertiary/aromatic N) is 1. The van der Waals surface area contributed by atoms with E-state index in [2.05, 4.69) is 4.98 Å². The molecule has 0 unspecified atom stereocenters. The van der Waals surface area contributed by atoms with Gasteiger partial charge in [-0.05, 0) is 49.8 Å². The second kappa shape index (κ2) is 6.76. The summed E-state index contributed by atoms with van der Waals surface area (Å²) >= 11 is 1.45. The average Bonchev–Trinajstić information content (AvgIpc) is 3.26. The molecule has 1 fully saturated rings. The van der Waals surface area contributed by atoms with Gasteiger partial charge in [0.25, 0.3) is 0 Å². The van der Waals surface area contributed by atoms with E-state index in [1.165, 1.54) is 11.3 Å². The molecule has 1 saturated carbocycles. The van der Waals surface area contributed by atoms with Gasteiger partial charge < -0.3 is 10.5 Å². The number of rotatable bonds is 7. The summed E-state index contributed by atoms with van der Waals surface area (Å²) in [6.07, 6.45) is 4.54. The van der Waals surface area contributed by atoms with Crippen LogP contribution in [0, 0.1) is 12.8 Å². The SMILES string of the molecule is Cc1ccnc2cc(C(=O)CC[C@@H](N)C(=O)OCC3CC3)sc12. The molecule has 2 N–H and O–H groups in total. The van der Waals surface area contributed by atoms with Gasteiger partial charge in [0.1, 0.15) is 6.04 Å². The maximum absolute atomic E-state index is 12.3. The van der Waals surface area contributed by atoms with Gasteiger partial charge in [-0.15, -0.1) is 11.3 Å². The van der Waals surface area contributed by atoms with E-state index in [0.717, 1.165) is 28.6 Å². The standard InChI is InChI=1S/C17H20N2O3S/c1-10-6-7-19-13-8-15(23-16(10)13)14(20)5-4-12(18)17(21)22-9-11-2-3-11/h6-8,11-12H,2-5,9,18H2,1H3/t12-/m1/s1. The number of fused-ring (bicyclic) bond motifs is 1. The van der Waals surface area contributed by atoms with Gasteiger partial charge in [-0.25, -0.2) is 0 Å². The minimum Gasteiger partial charge on any atom is -0.464 e. The first-order valence-corrected chi connectivity index (χ1v) is 8.67. The Bertz CT molecular complexity index is 737. The van der Waals surface area contributed by atoms with Crippen molar-refractivity contribution in [1.29, 1.82) is 0 Å². The summed E-state index contributed by atoms with van der Waals surface area (Å²) in [5, 5.41) is 0. The van der Waals surface area contributed by atoms with Crippen molar-refractivity contribution in [3.05, 3.63) is 28.8 Å². The molecule has 1 aliphatic rings. The monoisotopic (exact) mass is 332 g/mol. The number of esters is 1. The summed E-state index contributed by atoms with van der Waals surface area (Å²) in [7, 11) is 0. The van der Waals surface area contributed by atoms with Crippen molar-refractivity contribution in [1.82, 2.24) is 4.98 Å². The number of ketones is 1. The molecule has 0 amide bonds. The highest BCUT2D eigenvalue weighted by atomic mass is 32.1. The normalized spacial score (nSPS) is 15.6. The fourth-order valence-electron chi connectivity index (χ4n) is 2.32. The Kier molecular flexibility index (Phi) is 4.73. The zero-order valence-electron chi connectivity index (χ0n) is 13.1. The highest BCUT2D eigenvalue weighted by Crippen LogP contribution is 2.29. The van der Waals surface area contributed by atoms with Crippen molar-refractivity contribution in [2.45, 2.75) is 38.6 Å². The molecular weight excluding hydrogens is 312 g/mol. The van der Waals surface area contributed by atoms with Crippen molar-refractivity contribution in [3.63, 3.8) is 0 Å². The van der Waals surface area contributed by atoms with Crippen molar-refractivity contribution in [2.75, 3.05) is 6.61 Å². The van der Waals surface area contributed by atoms with Crippen molar-refractivity contribution < 1.29 is 14.3 Å². The predicted octanol–water partition coefficient (Wildman–Crippen LogP) is 2.85. The van der Waals surface area contributed by atoms with E-state index >= 15 is 0 Å². The van der Waals surface area contributed by atoms with Gasteiger partial charge >= 0.3 is 5.97 Å². The number of thiophene rings is 1. The largest absolute Gasteiger partial charge is 0.464 e. The Morgan fingerprint density at radius 2 is 2.26 bits per heavy atom. The zero-order chi connectivity index (χ0) is 16.4. The second-order valence-electron chi connectivity index (χ2n) is 6.09. The van der Waals surface area contributed by atoms with E-state index in [1.807, 2.05) is 19.1 Å². The smallest absolute Gasteiger partial charge is 0.322 e. The highest BCUT2D eigenvalue weighted by Gasteiger charge is 2.25. The first kappa shape index (κ1) is 16.1. The molecule has 2 aromatic heterocycles. The molecule has 0 saturated heterocycles. The molecule has 0 radical (unpaired) electrons. The Hall–Kier alpha value is -1.79. The molecular formula is C17H20N2O3S. The van der Waals surface area contributed by atoms with Crippen LogP contribution in [0.3, 0.4) is 0 Å². The number of hydrogen-bond acceptors (Lipinski definition) is 6. The minimum absolute atomic E-state index is 0.00200. The number of aromatic nitrogens is 1. The quantitative estimate of drug-likeness (QED) is 0.623. The van der Waals surface area contributed by atoms with Crippen LogP contribution in [-0.4, -0.2) is 29.4 Å². The number of carbonyl (C=O) groups excluding carboxylic acids is 2. The number of Topliss-reactive ketones (excluding diaryl/α,β-unsaturated/α-hetero) is 1. The molecule has 0 aromatic carbocycles. The number of hydrogen-bond donors (Lipinski definition) is 1. The molecule has 0 spiro atoms. The topological polar surface area (TPSA) is 82.3 Å². The molecule has 2 heterocycles. The number of nitrogens with two attached hydrogens (primary N) is 1. The van der Waals surface area contributed by atoms with Crippen LogP contribution >= 0.6 is 11.3 Å². The van der Waals surface area contributed by atoms with Crippen LogP contribution in [-0.2, 0) is 9.53 Å². The predicted molar refractivity (Wildman–Crippen MR) is 89.6 cm³/mol. The summed E-state index contributed by atoms with van der Waals surface area (Å²) in [4.78, 5) is 29.0. The van der Waals surface area contributed by atoms with Gasteiger partial charge in [-0.3, -0.25) is 14.6 Å². The molecule has 1 aliphatic carbocycles. The summed E-state index contributed by atoms with van der Waals surface area (Å²) < 4.78 is 6.18. The fraction of sp³-hybridized carbons (Fsp3) is 0.471. The molecule has 0 aliphatic heterocycles. The van der Waals surface area contributed by atoms with E-state index in [4.69, 9.17) is 10.5 Å². The van der Waals surface area contributed by atoms with E-state index in [9.17, 15) is 9.59 Å². The second-order valence-corrected chi connectivity index (χ2v) is 7.15. The number of pyridine rings is 1. The summed E-state index contributed by atoms with van der Waals surface area (Å²) in [5.41, 5.74) is 7.76. The maximum Gasteiger partial charge on any atom is 0.322 e. The Morgan fingerprint density at radius 1 is 1.48 bits per heavy atom. The third-order valence-corrected chi connectivity index (χ3v) is 5.33. The third kappa shape index (κ3) is 3.95. The Morgan fingerprint density at radius 3 is 2.96 bits per heavy atom. The van der Waals surface area contributed by atoms with Crippen molar-refractivity contribution >= 4 is 33.3 Å². The van der Waals surface area contributed by atoms with Crippen LogP contribution in [0.4, 0.5) is 0 Å². The van der Waals surface area contributed by atoms with Gasteiger partial charge in [-0.2, -0.15) is 0 Å². The van der Waals surface area contributed by atoms with Gasteiger partial charge in [-0.1, -0.05) is 0 Å². The van der Waals surface area contributed by atoms with Gasteiger partial charge in [0.05, 0.1) is 21.7 Å². The van der Waals surface area contributed by atoms with E-state index < -0.39 is 12.0 Å². The lowest BCUT2D eigenvalue weighted by atomic mass is 10.1. The third-order valence-electron chi connectivity index (χ3n) is 4.03. The Balaban J connectivity index is 1.55. The minimum atomic E-state index is -0.730.